The SMILES string of the molecule is C1CCC(N(C2CCCCC2)C2CCC3C(C2)C2CCCNC2N3C2CCC(C3CCC4CCNCC4N3)CC2)CC1. The highest BCUT2D eigenvalue weighted by molar-refractivity contribution is 5.08. The van der Waals surface area contributed by atoms with E-state index in [1.165, 1.54) is 161 Å². The molecule has 0 spiro atoms. The second-order valence-electron chi connectivity index (χ2n) is 16.7. The van der Waals surface area contributed by atoms with E-state index in [9.17, 15) is 0 Å². The molecule has 8 unspecified atom stereocenters. The Kier molecular flexibility index (Phi) is 9.23. The fraction of sp³-hybridized carbons (Fsp3) is 1.00. The molecule has 5 heteroatoms. The van der Waals surface area contributed by atoms with Crippen molar-refractivity contribution in [1.82, 2.24) is 25.8 Å². The molecular formula is C37H65N5. The summed E-state index contributed by atoms with van der Waals surface area (Å²) in [5.41, 5.74) is 0. The van der Waals surface area contributed by atoms with E-state index >= 15 is 0 Å². The lowest BCUT2D eigenvalue weighted by molar-refractivity contribution is -0.00880. The first-order valence-electron chi connectivity index (χ1n) is 19.6. The molecule has 238 valence electrons. The molecule has 4 aliphatic heterocycles. The van der Waals surface area contributed by atoms with Crippen LogP contribution < -0.4 is 16.0 Å². The maximum atomic E-state index is 4.18. The minimum atomic E-state index is 0.689. The molecule has 4 aliphatic carbocycles. The second kappa shape index (κ2) is 13.3. The number of fused-ring (bicyclic) bond motifs is 4. The van der Waals surface area contributed by atoms with Crippen LogP contribution in [0.2, 0.25) is 0 Å². The summed E-state index contributed by atoms with van der Waals surface area (Å²) in [4.78, 5) is 6.40. The second-order valence-corrected chi connectivity index (χ2v) is 16.7. The van der Waals surface area contributed by atoms with E-state index in [-0.39, 0.29) is 0 Å². The van der Waals surface area contributed by atoms with Crippen molar-refractivity contribution in [2.24, 2.45) is 23.7 Å². The van der Waals surface area contributed by atoms with Gasteiger partial charge in [-0.25, -0.2) is 0 Å². The molecule has 8 fully saturated rings. The molecule has 0 radical (unpaired) electrons. The van der Waals surface area contributed by atoms with Gasteiger partial charge in [0.2, 0.25) is 0 Å². The number of hydrogen-bond acceptors (Lipinski definition) is 5. The van der Waals surface area contributed by atoms with Crippen LogP contribution >= 0.6 is 0 Å². The summed E-state index contributed by atoms with van der Waals surface area (Å²) in [5.74, 6) is 3.73. The van der Waals surface area contributed by atoms with E-state index in [0.717, 1.165) is 66.0 Å². The lowest BCUT2D eigenvalue weighted by atomic mass is 9.73. The van der Waals surface area contributed by atoms with Gasteiger partial charge in [-0.1, -0.05) is 38.5 Å². The molecule has 0 amide bonds. The predicted octanol–water partition coefficient (Wildman–Crippen LogP) is 6.42. The Morgan fingerprint density at radius 1 is 0.524 bits per heavy atom. The zero-order chi connectivity index (χ0) is 27.9. The number of piperidine rings is 3. The summed E-state index contributed by atoms with van der Waals surface area (Å²) >= 11 is 0. The van der Waals surface area contributed by atoms with E-state index in [4.69, 9.17) is 0 Å². The molecule has 4 heterocycles. The quantitative estimate of drug-likeness (QED) is 0.351. The third-order valence-corrected chi connectivity index (χ3v) is 14.6. The summed E-state index contributed by atoms with van der Waals surface area (Å²) in [6.07, 6.45) is 33.2. The average Bonchev–Trinajstić information content (AvgIpc) is 3.39. The Bertz CT molecular complexity index is 842. The Morgan fingerprint density at radius 2 is 1.24 bits per heavy atom. The molecule has 8 rings (SSSR count). The topological polar surface area (TPSA) is 42.6 Å². The van der Waals surface area contributed by atoms with Crippen molar-refractivity contribution in [3.63, 3.8) is 0 Å². The van der Waals surface area contributed by atoms with Gasteiger partial charge >= 0.3 is 0 Å². The van der Waals surface area contributed by atoms with Crippen molar-refractivity contribution in [2.75, 3.05) is 19.6 Å². The van der Waals surface area contributed by atoms with Crippen LogP contribution in [0, 0.1) is 23.7 Å². The Balaban J connectivity index is 0.941. The molecule has 4 saturated heterocycles. The first-order chi connectivity index (χ1) is 20.8. The Morgan fingerprint density at radius 3 is 2.00 bits per heavy atom. The van der Waals surface area contributed by atoms with Crippen LogP contribution in [0.1, 0.15) is 141 Å². The predicted molar refractivity (Wildman–Crippen MR) is 174 cm³/mol. The van der Waals surface area contributed by atoms with Crippen molar-refractivity contribution in [1.29, 1.82) is 0 Å². The van der Waals surface area contributed by atoms with Crippen molar-refractivity contribution in [3.05, 3.63) is 0 Å². The van der Waals surface area contributed by atoms with Gasteiger partial charge in [-0.05, 0) is 139 Å². The first-order valence-corrected chi connectivity index (χ1v) is 19.6. The van der Waals surface area contributed by atoms with Gasteiger partial charge in [0.15, 0.2) is 0 Å². The summed E-state index contributed by atoms with van der Waals surface area (Å²) < 4.78 is 0. The van der Waals surface area contributed by atoms with Gasteiger partial charge < -0.3 is 16.0 Å². The number of nitrogens with one attached hydrogen (secondary N) is 3. The zero-order valence-corrected chi connectivity index (χ0v) is 27.0. The monoisotopic (exact) mass is 580 g/mol. The zero-order valence-electron chi connectivity index (χ0n) is 27.0. The third kappa shape index (κ3) is 5.78. The van der Waals surface area contributed by atoms with Crippen molar-refractivity contribution in [3.8, 4) is 0 Å². The van der Waals surface area contributed by atoms with E-state index in [1.807, 2.05) is 0 Å². The summed E-state index contributed by atoms with van der Waals surface area (Å²) in [6, 6.07) is 5.94. The molecule has 5 nitrogen and oxygen atoms in total. The lowest BCUT2D eigenvalue weighted by Gasteiger charge is -2.50. The first kappa shape index (κ1) is 29.2. The van der Waals surface area contributed by atoms with E-state index < -0.39 is 0 Å². The van der Waals surface area contributed by atoms with Gasteiger partial charge in [-0.15, -0.1) is 0 Å². The van der Waals surface area contributed by atoms with Gasteiger partial charge in [0.05, 0.1) is 6.17 Å². The molecule has 0 aromatic carbocycles. The summed E-state index contributed by atoms with van der Waals surface area (Å²) in [5, 5.41) is 12.0. The molecule has 0 bridgehead atoms. The molecule has 3 N–H and O–H groups in total. The maximum absolute atomic E-state index is 4.18. The minimum Gasteiger partial charge on any atom is -0.315 e. The third-order valence-electron chi connectivity index (χ3n) is 14.6. The van der Waals surface area contributed by atoms with Gasteiger partial charge in [0.25, 0.3) is 0 Å². The average molecular weight is 580 g/mol. The van der Waals surface area contributed by atoms with Crippen molar-refractivity contribution >= 4 is 0 Å². The van der Waals surface area contributed by atoms with Crippen molar-refractivity contribution < 1.29 is 0 Å². The Hall–Kier alpha value is -0.200. The van der Waals surface area contributed by atoms with Crippen LogP contribution in [-0.2, 0) is 0 Å². The van der Waals surface area contributed by atoms with Crippen LogP contribution in [-0.4, -0.2) is 77.9 Å². The molecular weight excluding hydrogens is 514 g/mol. The van der Waals surface area contributed by atoms with Crippen LogP contribution in [0.3, 0.4) is 0 Å². The Labute approximate surface area is 258 Å². The van der Waals surface area contributed by atoms with Crippen LogP contribution in [0.4, 0.5) is 0 Å². The molecule has 0 aromatic heterocycles. The van der Waals surface area contributed by atoms with E-state index in [0.29, 0.717) is 6.17 Å². The normalized spacial score (nSPS) is 46.2. The molecule has 0 aromatic rings. The molecule has 8 aliphatic rings. The highest BCUT2D eigenvalue weighted by atomic mass is 15.4. The van der Waals surface area contributed by atoms with Crippen LogP contribution in [0.5, 0.6) is 0 Å². The largest absolute Gasteiger partial charge is 0.315 e. The standard InChI is InChI=1S/C37H65N5/c1-3-8-28(9-4-1)41(29-10-5-2-6-11-29)31-18-20-36-33(24-31)32-12-7-22-39-37(32)42(36)30-16-13-26(14-17-30)34-19-15-27-21-23-38-25-35(27)40-34/h26-40H,1-25H2. The molecule has 8 atom stereocenters. The van der Waals surface area contributed by atoms with Gasteiger partial charge in [-0.3, -0.25) is 9.80 Å². The fourth-order valence-corrected chi connectivity index (χ4v) is 12.7. The summed E-state index contributed by atoms with van der Waals surface area (Å²) in [7, 11) is 0. The number of nitrogens with zero attached hydrogens (tertiary/aromatic N) is 2. The van der Waals surface area contributed by atoms with Crippen LogP contribution in [0.25, 0.3) is 0 Å². The highest BCUT2D eigenvalue weighted by Crippen LogP contribution is 2.51. The molecule has 42 heavy (non-hydrogen) atoms. The lowest BCUT2D eigenvalue weighted by Crippen LogP contribution is -2.58. The summed E-state index contributed by atoms with van der Waals surface area (Å²) in [6.45, 7) is 3.71. The van der Waals surface area contributed by atoms with Crippen LogP contribution in [0.15, 0.2) is 0 Å². The van der Waals surface area contributed by atoms with E-state index in [2.05, 4.69) is 25.8 Å². The van der Waals surface area contributed by atoms with Gasteiger partial charge in [0, 0.05) is 48.8 Å². The highest BCUT2D eigenvalue weighted by Gasteiger charge is 2.54. The number of hydrogen-bond donors (Lipinski definition) is 3. The smallest absolute Gasteiger partial charge is 0.0634 e. The minimum absolute atomic E-state index is 0.689. The van der Waals surface area contributed by atoms with Gasteiger partial charge in [0.1, 0.15) is 0 Å². The van der Waals surface area contributed by atoms with E-state index in [1.54, 1.807) is 0 Å². The maximum Gasteiger partial charge on any atom is 0.0634 e. The number of likely N-dealkylation sites (tertiary alicyclic amines) is 1. The fourth-order valence-electron chi connectivity index (χ4n) is 12.7. The van der Waals surface area contributed by atoms with Crippen molar-refractivity contribution in [2.45, 2.75) is 190 Å². The van der Waals surface area contributed by atoms with Gasteiger partial charge in [-0.2, -0.15) is 0 Å². The number of rotatable bonds is 5. The molecule has 4 saturated carbocycles.